The van der Waals surface area contributed by atoms with Gasteiger partial charge in [0.25, 0.3) is 5.56 Å². The summed E-state index contributed by atoms with van der Waals surface area (Å²) in [7, 11) is 5.42. The highest BCUT2D eigenvalue weighted by molar-refractivity contribution is 5.95. The van der Waals surface area contributed by atoms with E-state index in [-0.39, 0.29) is 11.7 Å². The third-order valence-corrected chi connectivity index (χ3v) is 7.65. The number of β-amino-alcohol motifs (C(OH)–C–C–N with tert-alkyl or cyclic N) is 1. The Hall–Kier alpha value is -3.85. The molecule has 1 fully saturated rings. The Bertz CT molecular complexity index is 1570. The summed E-state index contributed by atoms with van der Waals surface area (Å²) in [6, 6.07) is 8.25. The molecule has 2 aliphatic rings. The molecule has 6 rings (SSSR count). The number of methoxy groups -OCH3 is 1. The van der Waals surface area contributed by atoms with Crippen molar-refractivity contribution in [2.24, 2.45) is 14.1 Å². The minimum atomic E-state index is -0.367. The maximum absolute atomic E-state index is 12.9. The molecule has 9 nitrogen and oxygen atoms in total. The number of rotatable bonds is 4. The van der Waals surface area contributed by atoms with E-state index in [4.69, 9.17) is 9.72 Å². The summed E-state index contributed by atoms with van der Waals surface area (Å²) in [6.07, 6.45) is 6.13. The standard InChI is InChI=1S/C28H32N6O3/c1-17-10-22-24(32(3)28(17)36)13-26(33-9-7-20(35)16-33)30-27(22)34-8-5-6-18-11-21(19-14-29-31(2)15-19)25(37-4)12-23(18)34/h10-15,20,35H,5-9,16H2,1-4H3. The number of anilines is 3. The molecule has 0 spiro atoms. The van der Waals surface area contributed by atoms with Gasteiger partial charge in [-0.1, -0.05) is 0 Å². The fraction of sp³-hybridized carbons (Fsp3) is 0.393. The van der Waals surface area contributed by atoms with Gasteiger partial charge < -0.3 is 24.2 Å². The van der Waals surface area contributed by atoms with E-state index in [0.29, 0.717) is 18.5 Å². The number of ether oxygens (including phenoxy) is 1. The molecule has 192 valence electrons. The molecular weight excluding hydrogens is 468 g/mol. The third kappa shape index (κ3) is 3.94. The number of aliphatic hydroxyl groups excluding tert-OH is 1. The zero-order valence-electron chi connectivity index (χ0n) is 21.7. The van der Waals surface area contributed by atoms with E-state index < -0.39 is 0 Å². The van der Waals surface area contributed by atoms with Gasteiger partial charge in [-0.25, -0.2) is 4.98 Å². The van der Waals surface area contributed by atoms with Crippen LogP contribution < -0.4 is 20.1 Å². The van der Waals surface area contributed by atoms with Gasteiger partial charge in [-0.15, -0.1) is 0 Å². The van der Waals surface area contributed by atoms with Crippen LogP contribution in [0.25, 0.3) is 22.0 Å². The van der Waals surface area contributed by atoms with Crippen LogP contribution >= 0.6 is 0 Å². The molecule has 3 aromatic heterocycles. The van der Waals surface area contributed by atoms with Gasteiger partial charge >= 0.3 is 0 Å². The van der Waals surface area contributed by atoms with Gasteiger partial charge in [-0.3, -0.25) is 9.48 Å². The number of hydrogen-bond donors (Lipinski definition) is 1. The molecule has 1 aromatic carbocycles. The van der Waals surface area contributed by atoms with Crippen LogP contribution in [0.2, 0.25) is 0 Å². The van der Waals surface area contributed by atoms with Crippen molar-refractivity contribution in [2.45, 2.75) is 32.3 Å². The summed E-state index contributed by atoms with van der Waals surface area (Å²) in [6.45, 7) is 3.93. The first-order chi connectivity index (χ1) is 17.8. The number of aryl methyl sites for hydroxylation is 4. The monoisotopic (exact) mass is 500 g/mol. The van der Waals surface area contributed by atoms with E-state index in [1.807, 2.05) is 45.5 Å². The normalized spacial score (nSPS) is 17.5. The molecule has 0 saturated carbocycles. The predicted octanol–water partition coefficient (Wildman–Crippen LogP) is 3.31. The largest absolute Gasteiger partial charge is 0.496 e. The number of benzene rings is 1. The summed E-state index contributed by atoms with van der Waals surface area (Å²) in [5, 5.41) is 15.5. The highest BCUT2D eigenvalue weighted by Gasteiger charge is 2.28. The van der Waals surface area contributed by atoms with Gasteiger partial charge in [0.1, 0.15) is 17.4 Å². The van der Waals surface area contributed by atoms with E-state index >= 15 is 0 Å². The van der Waals surface area contributed by atoms with Crippen molar-refractivity contribution < 1.29 is 9.84 Å². The van der Waals surface area contributed by atoms with Crippen molar-refractivity contribution in [2.75, 3.05) is 36.5 Å². The molecule has 1 atom stereocenters. The summed E-state index contributed by atoms with van der Waals surface area (Å²) < 4.78 is 9.36. The maximum Gasteiger partial charge on any atom is 0.253 e. The van der Waals surface area contributed by atoms with Crippen molar-refractivity contribution in [3.8, 4) is 16.9 Å². The fourth-order valence-electron chi connectivity index (χ4n) is 5.69. The molecule has 5 heterocycles. The van der Waals surface area contributed by atoms with Crippen LogP contribution in [0.15, 0.2) is 41.5 Å². The van der Waals surface area contributed by atoms with Crippen molar-refractivity contribution >= 4 is 28.2 Å². The van der Waals surface area contributed by atoms with Crippen LogP contribution in [0.3, 0.4) is 0 Å². The van der Waals surface area contributed by atoms with Crippen LogP contribution in [-0.4, -0.2) is 57.3 Å². The lowest BCUT2D eigenvalue weighted by Crippen LogP contribution is -2.29. The first-order valence-corrected chi connectivity index (χ1v) is 12.8. The van der Waals surface area contributed by atoms with Crippen LogP contribution in [0.5, 0.6) is 5.75 Å². The number of aromatic nitrogens is 4. The Labute approximate surface area is 215 Å². The number of pyridine rings is 2. The molecule has 9 heteroatoms. The van der Waals surface area contributed by atoms with Gasteiger partial charge in [0, 0.05) is 79.8 Å². The van der Waals surface area contributed by atoms with E-state index in [2.05, 4.69) is 27.0 Å². The lowest BCUT2D eigenvalue weighted by atomic mass is 9.96. The molecule has 0 radical (unpaired) electrons. The second kappa shape index (κ2) is 8.92. The zero-order valence-corrected chi connectivity index (χ0v) is 21.7. The fourth-order valence-corrected chi connectivity index (χ4v) is 5.69. The maximum atomic E-state index is 12.9. The Morgan fingerprint density at radius 2 is 1.97 bits per heavy atom. The minimum Gasteiger partial charge on any atom is -0.496 e. The van der Waals surface area contributed by atoms with E-state index in [0.717, 1.165) is 71.0 Å². The first kappa shape index (κ1) is 23.5. The molecule has 4 aromatic rings. The number of nitrogens with zero attached hydrogens (tertiary/aromatic N) is 6. The van der Waals surface area contributed by atoms with Gasteiger partial charge in [0.2, 0.25) is 0 Å². The summed E-state index contributed by atoms with van der Waals surface area (Å²) in [5.74, 6) is 2.39. The summed E-state index contributed by atoms with van der Waals surface area (Å²) >= 11 is 0. The quantitative estimate of drug-likeness (QED) is 0.460. The van der Waals surface area contributed by atoms with Crippen LogP contribution in [0, 0.1) is 6.92 Å². The van der Waals surface area contributed by atoms with Crippen molar-refractivity contribution in [1.82, 2.24) is 19.3 Å². The topological polar surface area (TPSA) is 88.7 Å². The van der Waals surface area contributed by atoms with E-state index in [1.165, 1.54) is 5.56 Å². The molecule has 37 heavy (non-hydrogen) atoms. The molecule has 0 aliphatic carbocycles. The van der Waals surface area contributed by atoms with Crippen molar-refractivity contribution in [3.05, 3.63) is 58.1 Å². The van der Waals surface area contributed by atoms with Crippen LogP contribution in [-0.2, 0) is 20.5 Å². The minimum absolute atomic E-state index is 0.0149. The highest BCUT2D eigenvalue weighted by atomic mass is 16.5. The average molecular weight is 501 g/mol. The van der Waals surface area contributed by atoms with Gasteiger partial charge in [-0.2, -0.15) is 5.10 Å². The van der Waals surface area contributed by atoms with Gasteiger partial charge in [0.05, 0.1) is 24.9 Å². The number of hydrogen-bond acceptors (Lipinski definition) is 7. The Morgan fingerprint density at radius 1 is 1.14 bits per heavy atom. The lowest BCUT2D eigenvalue weighted by molar-refractivity contribution is 0.198. The smallest absolute Gasteiger partial charge is 0.253 e. The summed E-state index contributed by atoms with van der Waals surface area (Å²) in [5.41, 5.74) is 5.83. The average Bonchev–Trinajstić information content (AvgIpc) is 3.54. The van der Waals surface area contributed by atoms with Crippen LogP contribution in [0.4, 0.5) is 17.3 Å². The number of aliphatic hydroxyl groups is 1. The molecule has 0 bridgehead atoms. The molecule has 0 amide bonds. The first-order valence-electron chi connectivity index (χ1n) is 12.8. The Kier molecular flexibility index (Phi) is 5.67. The highest BCUT2D eigenvalue weighted by Crippen LogP contribution is 2.43. The molecule has 1 N–H and O–H groups in total. The second-order valence-electron chi connectivity index (χ2n) is 10.2. The molecular formula is C28H32N6O3. The SMILES string of the molecule is COc1cc2c(cc1-c1cnn(C)c1)CCCN2c1nc(N2CCC(O)C2)cc2c1cc(C)c(=O)n2C. The van der Waals surface area contributed by atoms with Gasteiger partial charge in [0.15, 0.2) is 0 Å². The van der Waals surface area contributed by atoms with Crippen LogP contribution in [0.1, 0.15) is 24.0 Å². The Balaban J connectivity index is 1.56. The van der Waals surface area contributed by atoms with Crippen molar-refractivity contribution in [1.29, 1.82) is 0 Å². The Morgan fingerprint density at radius 3 is 2.68 bits per heavy atom. The molecule has 2 aliphatic heterocycles. The zero-order chi connectivity index (χ0) is 25.8. The van der Waals surface area contributed by atoms with Gasteiger partial charge in [-0.05, 0) is 43.9 Å². The predicted molar refractivity (Wildman–Crippen MR) is 145 cm³/mol. The van der Waals surface area contributed by atoms with E-state index in [9.17, 15) is 9.90 Å². The molecule has 1 saturated heterocycles. The van der Waals surface area contributed by atoms with Crippen molar-refractivity contribution in [3.63, 3.8) is 0 Å². The molecule has 1 unspecified atom stereocenters. The van der Waals surface area contributed by atoms with E-state index in [1.54, 1.807) is 16.4 Å². The second-order valence-corrected chi connectivity index (χ2v) is 10.2. The lowest BCUT2D eigenvalue weighted by Gasteiger charge is -2.33. The number of fused-ring (bicyclic) bond motifs is 2. The third-order valence-electron chi connectivity index (χ3n) is 7.65. The summed E-state index contributed by atoms with van der Waals surface area (Å²) in [4.78, 5) is 22.4.